The van der Waals surface area contributed by atoms with Gasteiger partial charge in [0.2, 0.25) is 23.6 Å². The Hall–Kier alpha value is -3.72. The highest BCUT2D eigenvalue weighted by Crippen LogP contribution is 2.28. The number of nitrogens with zero attached hydrogens (tertiary/aromatic N) is 1. The molecule has 1 fully saturated rings. The standard InChI is InChI=1S/C24H23ClN4O5/c1-12-2-4-14(9-17(12)25)20(21(26)31)23(33)27-10-13-3-5-16-15(8-13)11-29(24(16)34)18-6-7-19(30)28-22(18)32/h2-5,8-9,18,20H,6-7,10-11H2,1H3,(H2,26,31)(H,27,33)(H,28,30,32). The third-order valence-corrected chi connectivity index (χ3v) is 6.54. The molecular formula is C24H23ClN4O5. The molecule has 5 amide bonds. The number of fused-ring (bicyclic) bond motifs is 1. The Balaban J connectivity index is 1.45. The average Bonchev–Trinajstić information content (AvgIpc) is 3.10. The molecule has 2 aliphatic rings. The molecule has 1 saturated heterocycles. The van der Waals surface area contributed by atoms with Crippen molar-refractivity contribution in [3.8, 4) is 0 Å². The highest BCUT2D eigenvalue weighted by molar-refractivity contribution is 6.31. The van der Waals surface area contributed by atoms with Crippen LogP contribution in [0.15, 0.2) is 36.4 Å². The van der Waals surface area contributed by atoms with Crippen LogP contribution in [0.3, 0.4) is 0 Å². The molecule has 4 N–H and O–H groups in total. The van der Waals surface area contributed by atoms with E-state index in [1.165, 1.54) is 4.90 Å². The maximum absolute atomic E-state index is 12.8. The summed E-state index contributed by atoms with van der Waals surface area (Å²) in [6, 6.07) is 9.34. The molecule has 9 nitrogen and oxygen atoms in total. The van der Waals surface area contributed by atoms with Crippen molar-refractivity contribution in [1.29, 1.82) is 0 Å². The predicted molar refractivity (Wildman–Crippen MR) is 122 cm³/mol. The summed E-state index contributed by atoms with van der Waals surface area (Å²) >= 11 is 6.13. The molecule has 0 aliphatic carbocycles. The van der Waals surface area contributed by atoms with Crippen molar-refractivity contribution in [2.24, 2.45) is 5.73 Å². The predicted octanol–water partition coefficient (Wildman–Crippen LogP) is 1.29. The van der Waals surface area contributed by atoms with Crippen LogP contribution in [0.1, 0.15) is 51.4 Å². The summed E-state index contributed by atoms with van der Waals surface area (Å²) in [6.45, 7) is 2.15. The molecule has 2 aromatic carbocycles. The Bertz CT molecular complexity index is 1230. The van der Waals surface area contributed by atoms with Gasteiger partial charge in [-0.3, -0.25) is 29.3 Å². The first-order valence-electron chi connectivity index (χ1n) is 10.7. The van der Waals surface area contributed by atoms with Crippen molar-refractivity contribution in [3.05, 3.63) is 69.2 Å². The second-order valence-corrected chi connectivity index (χ2v) is 8.86. The number of imide groups is 1. The third-order valence-electron chi connectivity index (χ3n) is 6.13. The molecule has 0 saturated carbocycles. The normalized spacial score (nSPS) is 18.4. The lowest BCUT2D eigenvalue weighted by molar-refractivity contribution is -0.137. The molecule has 10 heteroatoms. The first-order chi connectivity index (χ1) is 16.2. The van der Waals surface area contributed by atoms with Crippen LogP contribution in [0.2, 0.25) is 5.02 Å². The van der Waals surface area contributed by atoms with Crippen LogP contribution in [-0.2, 0) is 32.3 Å². The highest BCUT2D eigenvalue weighted by atomic mass is 35.5. The zero-order valence-corrected chi connectivity index (χ0v) is 19.1. The van der Waals surface area contributed by atoms with Gasteiger partial charge in [-0.1, -0.05) is 35.9 Å². The van der Waals surface area contributed by atoms with Gasteiger partial charge in [0.05, 0.1) is 0 Å². The number of hydrogen-bond donors (Lipinski definition) is 3. The minimum absolute atomic E-state index is 0.113. The maximum atomic E-state index is 12.8. The number of amides is 5. The number of rotatable bonds is 6. The van der Waals surface area contributed by atoms with Crippen molar-refractivity contribution in [3.63, 3.8) is 0 Å². The number of nitrogens with one attached hydrogen (secondary N) is 2. The fourth-order valence-electron chi connectivity index (χ4n) is 4.26. The van der Waals surface area contributed by atoms with Crippen LogP contribution in [-0.4, -0.2) is 40.5 Å². The summed E-state index contributed by atoms with van der Waals surface area (Å²) in [5, 5.41) is 5.42. The van der Waals surface area contributed by atoms with Crippen LogP contribution >= 0.6 is 11.6 Å². The monoisotopic (exact) mass is 482 g/mol. The number of carbonyl (C=O) groups excluding carboxylic acids is 5. The molecule has 2 heterocycles. The molecule has 2 atom stereocenters. The summed E-state index contributed by atoms with van der Waals surface area (Å²) in [5.74, 6) is -3.64. The lowest BCUT2D eigenvalue weighted by Gasteiger charge is -2.29. The van der Waals surface area contributed by atoms with E-state index < -0.39 is 29.7 Å². The van der Waals surface area contributed by atoms with Gasteiger partial charge in [-0.2, -0.15) is 0 Å². The number of hydrogen-bond acceptors (Lipinski definition) is 5. The van der Waals surface area contributed by atoms with Gasteiger partial charge in [0.15, 0.2) is 0 Å². The van der Waals surface area contributed by atoms with Gasteiger partial charge >= 0.3 is 0 Å². The van der Waals surface area contributed by atoms with Gasteiger partial charge in [-0.05, 0) is 47.7 Å². The molecule has 34 heavy (non-hydrogen) atoms. The second-order valence-electron chi connectivity index (χ2n) is 8.45. The number of primary amides is 1. The molecule has 0 spiro atoms. The second kappa shape index (κ2) is 9.26. The van der Waals surface area contributed by atoms with Crippen LogP contribution in [0, 0.1) is 6.92 Å². The van der Waals surface area contributed by atoms with E-state index in [-0.39, 0.29) is 37.7 Å². The Morgan fingerprint density at radius 1 is 1.21 bits per heavy atom. The molecule has 2 aliphatic heterocycles. The zero-order chi connectivity index (χ0) is 24.6. The summed E-state index contributed by atoms with van der Waals surface area (Å²) in [4.78, 5) is 62.6. The van der Waals surface area contributed by atoms with Crippen molar-refractivity contribution in [1.82, 2.24) is 15.5 Å². The van der Waals surface area contributed by atoms with Gasteiger partial charge in [0.1, 0.15) is 12.0 Å². The van der Waals surface area contributed by atoms with E-state index in [2.05, 4.69) is 10.6 Å². The molecule has 0 bridgehead atoms. The number of piperidine rings is 1. The molecule has 176 valence electrons. The number of halogens is 1. The van der Waals surface area contributed by atoms with E-state index in [1.54, 1.807) is 36.4 Å². The smallest absolute Gasteiger partial charge is 0.255 e. The van der Waals surface area contributed by atoms with Crippen LogP contribution in [0.5, 0.6) is 0 Å². The Morgan fingerprint density at radius 3 is 2.65 bits per heavy atom. The molecule has 0 radical (unpaired) electrons. The van der Waals surface area contributed by atoms with Gasteiger partial charge in [-0.25, -0.2) is 0 Å². The summed E-state index contributed by atoms with van der Waals surface area (Å²) in [7, 11) is 0. The SMILES string of the molecule is Cc1ccc(C(C(N)=O)C(=O)NCc2ccc3c(c2)CN(C2CCC(=O)NC2=O)C3=O)cc1Cl. The van der Waals surface area contributed by atoms with Gasteiger partial charge < -0.3 is 16.0 Å². The lowest BCUT2D eigenvalue weighted by atomic mass is 9.96. The summed E-state index contributed by atoms with van der Waals surface area (Å²) in [6.07, 6.45) is 0.464. The van der Waals surface area contributed by atoms with E-state index in [9.17, 15) is 24.0 Å². The Labute approximate surface area is 200 Å². The molecule has 2 unspecified atom stereocenters. The fraction of sp³-hybridized carbons (Fsp3) is 0.292. The van der Waals surface area contributed by atoms with E-state index in [4.69, 9.17) is 17.3 Å². The number of carbonyl (C=O) groups is 5. The molecule has 4 rings (SSSR count). The van der Waals surface area contributed by atoms with Crippen molar-refractivity contribution in [2.75, 3.05) is 0 Å². The van der Waals surface area contributed by atoms with E-state index in [0.717, 1.165) is 16.7 Å². The largest absolute Gasteiger partial charge is 0.369 e. The van der Waals surface area contributed by atoms with Crippen molar-refractivity contribution in [2.45, 2.75) is 44.8 Å². The van der Waals surface area contributed by atoms with E-state index >= 15 is 0 Å². The Kier molecular flexibility index (Phi) is 6.39. The van der Waals surface area contributed by atoms with Crippen molar-refractivity contribution >= 4 is 41.1 Å². The molecule has 2 aromatic rings. The van der Waals surface area contributed by atoms with E-state index in [1.807, 2.05) is 6.92 Å². The van der Waals surface area contributed by atoms with Crippen LogP contribution < -0.4 is 16.4 Å². The first kappa shape index (κ1) is 23.4. The topological polar surface area (TPSA) is 139 Å². The summed E-state index contributed by atoms with van der Waals surface area (Å²) < 4.78 is 0. The van der Waals surface area contributed by atoms with Gasteiger partial charge in [0.25, 0.3) is 5.91 Å². The maximum Gasteiger partial charge on any atom is 0.255 e. The molecule has 0 aromatic heterocycles. The highest BCUT2D eigenvalue weighted by Gasteiger charge is 2.39. The zero-order valence-electron chi connectivity index (χ0n) is 18.4. The third kappa shape index (κ3) is 4.51. The Morgan fingerprint density at radius 2 is 1.97 bits per heavy atom. The van der Waals surface area contributed by atoms with Crippen LogP contribution in [0.25, 0.3) is 0 Å². The van der Waals surface area contributed by atoms with Crippen molar-refractivity contribution < 1.29 is 24.0 Å². The molecular weight excluding hydrogens is 460 g/mol. The number of benzene rings is 2. The van der Waals surface area contributed by atoms with Gasteiger partial charge in [-0.15, -0.1) is 0 Å². The van der Waals surface area contributed by atoms with E-state index in [0.29, 0.717) is 16.1 Å². The summed E-state index contributed by atoms with van der Waals surface area (Å²) in [5.41, 5.74) is 8.61. The minimum Gasteiger partial charge on any atom is -0.369 e. The quantitative estimate of drug-likeness (QED) is 0.420. The fourth-order valence-corrected chi connectivity index (χ4v) is 4.45. The number of nitrogens with two attached hydrogens (primary N) is 1. The average molecular weight is 483 g/mol. The number of aryl methyl sites for hydroxylation is 1. The lowest BCUT2D eigenvalue weighted by Crippen LogP contribution is -2.52. The van der Waals surface area contributed by atoms with Crippen LogP contribution in [0.4, 0.5) is 0 Å². The first-order valence-corrected chi connectivity index (χ1v) is 11.1. The minimum atomic E-state index is -1.20. The van der Waals surface area contributed by atoms with Gasteiger partial charge in [0, 0.05) is 30.1 Å².